The van der Waals surface area contributed by atoms with Crippen LogP contribution in [-0.2, 0) is 4.79 Å². The van der Waals surface area contributed by atoms with Crippen LogP contribution in [0, 0.1) is 5.41 Å². The fourth-order valence-corrected chi connectivity index (χ4v) is 4.16. The summed E-state index contributed by atoms with van der Waals surface area (Å²) in [5.74, 6) is -0.613. The highest BCUT2D eigenvalue weighted by Gasteiger charge is 2.57. The van der Waals surface area contributed by atoms with E-state index in [1.807, 2.05) is 6.26 Å². The molecule has 88 valence electrons. The predicted octanol–water partition coefficient (Wildman–Crippen LogP) is 3.55. The highest BCUT2D eigenvalue weighted by molar-refractivity contribution is 8.00. The SMILES string of the molecule is CCCC1(CCC)CC(SC)(C(=O)O)C1. The van der Waals surface area contributed by atoms with Crippen LogP contribution in [0.1, 0.15) is 52.4 Å². The van der Waals surface area contributed by atoms with E-state index in [1.54, 1.807) is 0 Å². The first-order chi connectivity index (χ1) is 7.04. The van der Waals surface area contributed by atoms with Crippen LogP contribution in [0.15, 0.2) is 0 Å². The van der Waals surface area contributed by atoms with Gasteiger partial charge < -0.3 is 5.11 Å². The quantitative estimate of drug-likeness (QED) is 0.758. The van der Waals surface area contributed by atoms with Crippen LogP contribution in [0.4, 0.5) is 0 Å². The Balaban J connectivity index is 2.66. The Kier molecular flexibility index (Phi) is 4.10. The van der Waals surface area contributed by atoms with Gasteiger partial charge in [-0.1, -0.05) is 26.7 Å². The Hall–Kier alpha value is -0.180. The summed E-state index contributed by atoms with van der Waals surface area (Å²) in [5, 5.41) is 9.23. The molecule has 1 aliphatic carbocycles. The Morgan fingerprint density at radius 3 is 2.00 bits per heavy atom. The molecular formula is C12H22O2S. The first kappa shape index (κ1) is 12.9. The van der Waals surface area contributed by atoms with Crippen LogP contribution in [0.2, 0.25) is 0 Å². The topological polar surface area (TPSA) is 37.3 Å². The number of hydrogen-bond donors (Lipinski definition) is 1. The lowest BCUT2D eigenvalue weighted by molar-refractivity contribution is -0.147. The normalized spacial score (nSPS) is 22.1. The minimum atomic E-state index is -0.613. The summed E-state index contributed by atoms with van der Waals surface area (Å²) in [6.07, 6.45) is 8.40. The second kappa shape index (κ2) is 4.77. The Morgan fingerprint density at radius 2 is 1.73 bits per heavy atom. The summed E-state index contributed by atoms with van der Waals surface area (Å²) < 4.78 is -0.468. The summed E-state index contributed by atoms with van der Waals surface area (Å²) in [7, 11) is 0. The third kappa shape index (κ3) is 2.32. The lowest BCUT2D eigenvalue weighted by Gasteiger charge is -2.53. The number of carboxylic acids is 1. The van der Waals surface area contributed by atoms with Crippen molar-refractivity contribution in [1.82, 2.24) is 0 Å². The molecule has 0 aromatic heterocycles. The standard InChI is InChI=1S/C12H22O2S/c1-4-6-11(7-5-2)8-12(9-11,15-3)10(13)14/h4-9H2,1-3H3,(H,13,14). The number of aliphatic carboxylic acids is 1. The first-order valence-electron chi connectivity index (χ1n) is 5.83. The van der Waals surface area contributed by atoms with Crippen LogP contribution in [-0.4, -0.2) is 22.1 Å². The smallest absolute Gasteiger partial charge is 0.319 e. The molecule has 0 saturated heterocycles. The summed E-state index contributed by atoms with van der Waals surface area (Å²) in [6.45, 7) is 4.38. The Morgan fingerprint density at radius 1 is 1.27 bits per heavy atom. The molecule has 0 aromatic carbocycles. The number of carbonyl (C=O) groups is 1. The van der Waals surface area contributed by atoms with Crippen molar-refractivity contribution in [2.24, 2.45) is 5.41 Å². The highest BCUT2D eigenvalue weighted by Crippen LogP contribution is 2.59. The maximum absolute atomic E-state index is 11.2. The van der Waals surface area contributed by atoms with Gasteiger partial charge in [0.15, 0.2) is 0 Å². The molecule has 1 N–H and O–H groups in total. The average Bonchev–Trinajstić information content (AvgIpc) is 2.13. The zero-order valence-corrected chi connectivity index (χ0v) is 10.8. The van der Waals surface area contributed by atoms with E-state index in [0.29, 0.717) is 5.41 Å². The van der Waals surface area contributed by atoms with Gasteiger partial charge in [0.2, 0.25) is 0 Å². The summed E-state index contributed by atoms with van der Waals surface area (Å²) in [4.78, 5) is 11.2. The molecule has 1 rings (SSSR count). The molecule has 3 heteroatoms. The van der Waals surface area contributed by atoms with Crippen molar-refractivity contribution in [3.8, 4) is 0 Å². The van der Waals surface area contributed by atoms with Crippen molar-refractivity contribution in [3.05, 3.63) is 0 Å². The fraction of sp³-hybridized carbons (Fsp3) is 0.917. The summed E-state index contributed by atoms with van der Waals surface area (Å²) >= 11 is 1.52. The molecule has 0 aliphatic heterocycles. The molecule has 0 bridgehead atoms. The molecule has 0 unspecified atom stereocenters. The van der Waals surface area contributed by atoms with Gasteiger partial charge in [0.05, 0.1) is 0 Å². The van der Waals surface area contributed by atoms with Gasteiger partial charge in [0, 0.05) is 0 Å². The van der Waals surface area contributed by atoms with E-state index in [-0.39, 0.29) is 0 Å². The predicted molar refractivity (Wildman–Crippen MR) is 65.4 cm³/mol. The van der Waals surface area contributed by atoms with Crippen molar-refractivity contribution in [2.45, 2.75) is 57.1 Å². The van der Waals surface area contributed by atoms with Gasteiger partial charge in [-0.2, -0.15) is 0 Å². The van der Waals surface area contributed by atoms with Gasteiger partial charge in [0.1, 0.15) is 4.75 Å². The van der Waals surface area contributed by atoms with Crippen molar-refractivity contribution < 1.29 is 9.90 Å². The number of hydrogen-bond acceptors (Lipinski definition) is 2. The van der Waals surface area contributed by atoms with E-state index >= 15 is 0 Å². The van der Waals surface area contributed by atoms with Gasteiger partial charge in [-0.3, -0.25) is 4.79 Å². The minimum absolute atomic E-state index is 0.338. The first-order valence-corrected chi connectivity index (χ1v) is 7.05. The van der Waals surface area contributed by atoms with Gasteiger partial charge in [0.25, 0.3) is 0 Å². The van der Waals surface area contributed by atoms with Gasteiger partial charge in [-0.15, -0.1) is 11.8 Å². The number of carboxylic acid groups (broad SMARTS) is 1. The van der Waals surface area contributed by atoms with E-state index in [0.717, 1.165) is 12.8 Å². The Labute approximate surface area is 96.8 Å². The zero-order valence-electron chi connectivity index (χ0n) is 10.0. The van der Waals surface area contributed by atoms with Crippen LogP contribution >= 0.6 is 11.8 Å². The van der Waals surface area contributed by atoms with E-state index in [4.69, 9.17) is 0 Å². The molecule has 1 saturated carbocycles. The van der Waals surface area contributed by atoms with Gasteiger partial charge >= 0.3 is 5.97 Å². The molecule has 0 radical (unpaired) electrons. The maximum Gasteiger partial charge on any atom is 0.319 e. The van der Waals surface area contributed by atoms with E-state index in [2.05, 4.69) is 13.8 Å². The third-order valence-electron chi connectivity index (χ3n) is 3.66. The number of rotatable bonds is 6. The molecule has 0 heterocycles. The highest BCUT2D eigenvalue weighted by atomic mass is 32.2. The molecule has 1 aliphatic rings. The average molecular weight is 230 g/mol. The van der Waals surface area contributed by atoms with Crippen LogP contribution in [0.25, 0.3) is 0 Å². The molecule has 1 fully saturated rings. The van der Waals surface area contributed by atoms with E-state index in [1.165, 1.54) is 37.4 Å². The molecule has 15 heavy (non-hydrogen) atoms. The maximum atomic E-state index is 11.2. The second-order valence-corrected chi connectivity index (χ2v) is 6.05. The van der Waals surface area contributed by atoms with Crippen molar-refractivity contribution in [2.75, 3.05) is 6.26 Å². The van der Waals surface area contributed by atoms with Crippen LogP contribution < -0.4 is 0 Å². The number of thioether (sulfide) groups is 1. The minimum Gasteiger partial charge on any atom is -0.480 e. The fourth-order valence-electron chi connectivity index (χ4n) is 3.08. The third-order valence-corrected chi connectivity index (χ3v) is 4.91. The van der Waals surface area contributed by atoms with Gasteiger partial charge in [-0.05, 0) is 37.4 Å². The molecule has 0 spiro atoms. The monoisotopic (exact) mass is 230 g/mol. The molecule has 0 amide bonds. The molecule has 0 aromatic rings. The Bertz CT molecular complexity index is 224. The largest absolute Gasteiger partial charge is 0.480 e. The van der Waals surface area contributed by atoms with Crippen molar-refractivity contribution in [1.29, 1.82) is 0 Å². The second-order valence-electron chi connectivity index (χ2n) is 4.86. The molecular weight excluding hydrogens is 208 g/mol. The summed E-state index contributed by atoms with van der Waals surface area (Å²) in [5.41, 5.74) is 0.338. The van der Waals surface area contributed by atoms with E-state index in [9.17, 15) is 9.90 Å². The van der Waals surface area contributed by atoms with Crippen molar-refractivity contribution in [3.63, 3.8) is 0 Å². The summed E-state index contributed by atoms with van der Waals surface area (Å²) in [6, 6.07) is 0. The van der Waals surface area contributed by atoms with Crippen LogP contribution in [0.3, 0.4) is 0 Å². The zero-order chi connectivity index (χ0) is 11.5. The van der Waals surface area contributed by atoms with Crippen LogP contribution in [0.5, 0.6) is 0 Å². The lowest BCUT2D eigenvalue weighted by atomic mass is 9.57. The van der Waals surface area contributed by atoms with Gasteiger partial charge in [-0.25, -0.2) is 0 Å². The molecule has 2 nitrogen and oxygen atoms in total. The van der Waals surface area contributed by atoms with E-state index < -0.39 is 10.7 Å². The molecule has 0 atom stereocenters. The van der Waals surface area contributed by atoms with Crippen molar-refractivity contribution >= 4 is 17.7 Å². The lowest BCUT2D eigenvalue weighted by Crippen LogP contribution is -2.54.